The van der Waals surface area contributed by atoms with Gasteiger partial charge in [0.05, 0.1) is 24.4 Å². The maximum atomic E-state index is 12.8. The van der Waals surface area contributed by atoms with Crippen molar-refractivity contribution >= 4 is 22.3 Å². The Morgan fingerprint density at radius 1 is 0.569 bits per heavy atom. The molecule has 2 aliphatic heterocycles. The van der Waals surface area contributed by atoms with Crippen molar-refractivity contribution in [3.63, 3.8) is 0 Å². The predicted molar refractivity (Wildman–Crippen MR) is 192 cm³/mol. The van der Waals surface area contributed by atoms with Gasteiger partial charge >= 0.3 is 11.4 Å². The van der Waals surface area contributed by atoms with E-state index in [0.29, 0.717) is 108 Å². The second-order valence-corrected chi connectivity index (χ2v) is 15.6. The van der Waals surface area contributed by atoms with E-state index in [-0.39, 0.29) is 29.9 Å². The van der Waals surface area contributed by atoms with Gasteiger partial charge in [-0.2, -0.15) is 0 Å². The lowest BCUT2D eigenvalue weighted by molar-refractivity contribution is 0.260. The van der Waals surface area contributed by atoms with Crippen LogP contribution in [0.3, 0.4) is 0 Å². The number of hydrogen-bond acceptors (Lipinski definition) is 8. The molecule has 10 rings (SSSR count). The summed E-state index contributed by atoms with van der Waals surface area (Å²) in [7, 11) is 0. The number of epoxide rings is 2. The van der Waals surface area contributed by atoms with E-state index in [9.17, 15) is 19.2 Å². The van der Waals surface area contributed by atoms with Crippen LogP contribution in [0.2, 0.25) is 0 Å². The third-order valence-corrected chi connectivity index (χ3v) is 12.4. The summed E-state index contributed by atoms with van der Waals surface area (Å²) in [4.78, 5) is 67.2. The summed E-state index contributed by atoms with van der Waals surface area (Å²) in [6.07, 6.45) is 9.47. The SMILES string of the molecule is C.CCCn1c(=O)c2[nH]c(C3CC4CC3C3OC43)nc2n(CCC)c1=O.CCCn1c(=O)c2[nH]c(C3CC4CC3C3OC43)nc2n(CCC)c1=O. The highest BCUT2D eigenvalue weighted by molar-refractivity contribution is 5.71. The molecule has 51 heavy (non-hydrogen) atoms. The molecule has 0 spiro atoms. The highest BCUT2D eigenvalue weighted by Gasteiger charge is 2.64. The van der Waals surface area contributed by atoms with Gasteiger partial charge in [-0.05, 0) is 75.0 Å². The molecule has 6 aliphatic rings. The maximum absolute atomic E-state index is 12.8. The zero-order chi connectivity index (χ0) is 34.6. The Labute approximate surface area is 295 Å². The zero-order valence-corrected chi connectivity index (χ0v) is 29.4. The van der Waals surface area contributed by atoms with Gasteiger partial charge < -0.3 is 19.4 Å². The van der Waals surface area contributed by atoms with Gasteiger partial charge in [0.1, 0.15) is 22.7 Å². The van der Waals surface area contributed by atoms with Crippen LogP contribution in [0.15, 0.2) is 19.2 Å². The number of aromatic nitrogens is 8. The number of imidazole rings is 2. The van der Waals surface area contributed by atoms with Gasteiger partial charge in [0.15, 0.2) is 11.3 Å². The fourth-order valence-electron chi connectivity index (χ4n) is 10.2. The van der Waals surface area contributed by atoms with Crippen LogP contribution < -0.4 is 22.5 Å². The van der Waals surface area contributed by atoms with E-state index in [1.807, 2.05) is 27.7 Å². The first-order chi connectivity index (χ1) is 24.3. The van der Waals surface area contributed by atoms with E-state index in [4.69, 9.17) is 19.4 Å². The molecule has 4 aromatic rings. The standard InChI is InChI=1S/2C18H24N4O3.CH4/c2*1-3-5-21-16-12(17(23)22(6-4-2)18(21)24)19-15(20-16)11-8-9-7-10(11)14-13(9)25-14;/h2*9-11,13-14H,3-8H2,1-2H3,(H,19,20);1H4. The minimum Gasteiger partial charge on any atom is -0.369 e. The second-order valence-electron chi connectivity index (χ2n) is 15.6. The maximum Gasteiger partial charge on any atom is 0.332 e. The zero-order valence-electron chi connectivity index (χ0n) is 29.4. The van der Waals surface area contributed by atoms with E-state index < -0.39 is 0 Å². The average molecular weight is 705 g/mol. The number of aryl methyl sites for hydroxylation is 2. The molecular formula is C37H52N8O6. The molecule has 4 aliphatic carbocycles. The molecule has 14 heteroatoms. The number of rotatable bonds is 10. The molecule has 0 amide bonds. The Balaban J connectivity index is 0.000000144. The molecule has 4 bridgehead atoms. The quantitative estimate of drug-likeness (QED) is 0.235. The summed E-state index contributed by atoms with van der Waals surface area (Å²) in [5.41, 5.74) is 1.05. The van der Waals surface area contributed by atoms with Gasteiger partial charge in [-0.3, -0.25) is 27.9 Å². The van der Waals surface area contributed by atoms with Crippen LogP contribution >= 0.6 is 0 Å². The minimum atomic E-state index is -0.239. The molecule has 10 atom stereocenters. The van der Waals surface area contributed by atoms with Crippen molar-refractivity contribution in [2.75, 3.05) is 0 Å². The Kier molecular flexibility index (Phi) is 8.55. The normalized spacial score (nSPS) is 31.8. The molecule has 2 saturated heterocycles. The van der Waals surface area contributed by atoms with Crippen LogP contribution in [0.1, 0.15) is 110 Å². The van der Waals surface area contributed by atoms with Crippen LogP contribution in [0.4, 0.5) is 0 Å². The van der Waals surface area contributed by atoms with Crippen molar-refractivity contribution in [1.82, 2.24) is 38.2 Å². The smallest absolute Gasteiger partial charge is 0.332 e. The van der Waals surface area contributed by atoms with Crippen molar-refractivity contribution in [2.45, 2.75) is 149 Å². The molecule has 14 nitrogen and oxygen atoms in total. The van der Waals surface area contributed by atoms with Crippen molar-refractivity contribution in [2.24, 2.45) is 23.7 Å². The van der Waals surface area contributed by atoms with E-state index in [1.165, 1.54) is 22.0 Å². The van der Waals surface area contributed by atoms with Crippen molar-refractivity contribution in [1.29, 1.82) is 0 Å². The molecule has 276 valence electrons. The van der Waals surface area contributed by atoms with Crippen molar-refractivity contribution < 1.29 is 9.47 Å². The number of H-pyrrole nitrogens is 2. The Hall–Kier alpha value is -3.78. The number of ether oxygens (including phenoxy) is 2. The second kappa shape index (κ2) is 12.7. The topological polar surface area (TPSA) is 170 Å². The Bertz CT molecular complexity index is 2070. The average Bonchev–Trinajstić information content (AvgIpc) is 3.63. The lowest BCUT2D eigenvalue weighted by atomic mass is 9.88. The molecule has 0 aromatic carbocycles. The van der Waals surface area contributed by atoms with E-state index in [2.05, 4.69) is 9.97 Å². The van der Waals surface area contributed by atoms with E-state index >= 15 is 0 Å². The number of nitrogens with zero attached hydrogens (tertiary/aromatic N) is 6. The van der Waals surface area contributed by atoms with Crippen molar-refractivity contribution in [3.8, 4) is 0 Å². The van der Waals surface area contributed by atoms with E-state index in [1.54, 1.807) is 9.13 Å². The summed E-state index contributed by atoms with van der Waals surface area (Å²) < 4.78 is 17.5. The summed E-state index contributed by atoms with van der Waals surface area (Å²) in [6.45, 7) is 10.0. The summed E-state index contributed by atoms with van der Waals surface area (Å²) in [5, 5.41) is 0. The molecular weight excluding hydrogens is 652 g/mol. The van der Waals surface area contributed by atoms with Crippen LogP contribution in [0.5, 0.6) is 0 Å². The lowest BCUT2D eigenvalue weighted by Crippen LogP contribution is -2.40. The molecule has 4 aromatic heterocycles. The summed E-state index contributed by atoms with van der Waals surface area (Å²) in [6, 6.07) is 0. The number of nitrogens with one attached hydrogen (secondary N) is 2. The van der Waals surface area contributed by atoms with Crippen LogP contribution in [0, 0.1) is 23.7 Å². The molecule has 10 unspecified atom stereocenters. The molecule has 2 N–H and O–H groups in total. The Morgan fingerprint density at radius 3 is 1.27 bits per heavy atom. The van der Waals surface area contributed by atoms with Gasteiger partial charge in [0.2, 0.25) is 0 Å². The molecule has 4 saturated carbocycles. The molecule has 6 heterocycles. The number of hydrogen-bond donors (Lipinski definition) is 2. The van der Waals surface area contributed by atoms with Crippen molar-refractivity contribution in [3.05, 3.63) is 53.3 Å². The van der Waals surface area contributed by atoms with Crippen LogP contribution in [0.25, 0.3) is 22.3 Å². The van der Waals surface area contributed by atoms with E-state index in [0.717, 1.165) is 50.2 Å². The third kappa shape index (κ3) is 5.17. The lowest BCUT2D eigenvalue weighted by Gasteiger charge is -2.16. The predicted octanol–water partition coefficient (Wildman–Crippen LogP) is 3.83. The molecule has 0 radical (unpaired) electrons. The number of fused-ring (bicyclic) bond motifs is 12. The van der Waals surface area contributed by atoms with Gasteiger partial charge in [0, 0.05) is 38.0 Å². The fraction of sp³-hybridized carbons (Fsp3) is 0.730. The monoisotopic (exact) mass is 704 g/mol. The highest BCUT2D eigenvalue weighted by Crippen LogP contribution is 2.62. The third-order valence-electron chi connectivity index (χ3n) is 12.4. The first-order valence-electron chi connectivity index (χ1n) is 19.0. The largest absolute Gasteiger partial charge is 0.369 e. The fourth-order valence-corrected chi connectivity index (χ4v) is 10.2. The highest BCUT2D eigenvalue weighted by atomic mass is 16.6. The first-order valence-corrected chi connectivity index (χ1v) is 19.0. The minimum absolute atomic E-state index is 0. The van der Waals surface area contributed by atoms with Gasteiger partial charge in [-0.25, -0.2) is 19.6 Å². The summed E-state index contributed by atoms with van der Waals surface area (Å²) in [5.74, 6) is 4.69. The van der Waals surface area contributed by atoms with Gasteiger partial charge in [0.25, 0.3) is 11.1 Å². The van der Waals surface area contributed by atoms with Gasteiger partial charge in [-0.15, -0.1) is 0 Å². The molecule has 6 fully saturated rings. The van der Waals surface area contributed by atoms with Gasteiger partial charge in [-0.1, -0.05) is 35.1 Å². The summed E-state index contributed by atoms with van der Waals surface area (Å²) >= 11 is 0. The van der Waals surface area contributed by atoms with Crippen LogP contribution in [-0.2, 0) is 35.7 Å². The van der Waals surface area contributed by atoms with Crippen LogP contribution in [-0.4, -0.2) is 62.6 Å². The Morgan fingerprint density at radius 2 is 0.941 bits per heavy atom. The number of aromatic amines is 2. The first kappa shape index (κ1) is 34.3.